The third-order valence-electron chi connectivity index (χ3n) is 4.30. The van der Waals surface area contributed by atoms with Crippen molar-refractivity contribution in [3.05, 3.63) is 63.9 Å². The zero-order valence-electron chi connectivity index (χ0n) is 14.1. The molecule has 1 aliphatic heterocycles. The Kier molecular flexibility index (Phi) is 6.35. The number of benzene rings is 2. The minimum Gasteiger partial charge on any atom is -0.484 e. The number of ether oxygens (including phenoxy) is 1. The Morgan fingerprint density at radius 1 is 1.04 bits per heavy atom. The first-order chi connectivity index (χ1) is 12.5. The van der Waals surface area contributed by atoms with Crippen LogP contribution in [0.25, 0.3) is 0 Å². The first-order valence-corrected chi connectivity index (χ1v) is 9.09. The van der Waals surface area contributed by atoms with Gasteiger partial charge in [0.05, 0.1) is 5.02 Å². The molecule has 2 aromatic rings. The topological polar surface area (TPSA) is 32.8 Å². The monoisotopic (exact) mass is 396 g/mol. The Hall–Kier alpha value is -1.82. The average molecular weight is 397 g/mol. The zero-order chi connectivity index (χ0) is 18.5. The number of carbonyl (C=O) groups excluding carboxylic acids is 1. The second kappa shape index (κ2) is 8.71. The number of hydrogen-bond acceptors (Lipinski definition) is 3. The lowest BCUT2D eigenvalue weighted by Gasteiger charge is -2.34. The van der Waals surface area contributed by atoms with Gasteiger partial charge in [0.2, 0.25) is 0 Å². The van der Waals surface area contributed by atoms with Gasteiger partial charge in [-0.15, -0.1) is 0 Å². The van der Waals surface area contributed by atoms with E-state index >= 15 is 0 Å². The maximum absolute atomic E-state index is 13.4. The summed E-state index contributed by atoms with van der Waals surface area (Å²) in [5, 5.41) is 0.755. The third-order valence-corrected chi connectivity index (χ3v) is 4.86. The van der Waals surface area contributed by atoms with E-state index in [4.69, 9.17) is 27.9 Å². The van der Waals surface area contributed by atoms with E-state index in [2.05, 4.69) is 4.90 Å². The maximum atomic E-state index is 13.4. The summed E-state index contributed by atoms with van der Waals surface area (Å²) in [7, 11) is 0. The lowest BCUT2D eigenvalue weighted by molar-refractivity contribution is -0.135. The molecule has 0 atom stereocenters. The number of carbonyl (C=O) groups is 1. The fourth-order valence-corrected chi connectivity index (χ4v) is 3.05. The minimum absolute atomic E-state index is 0.0282. The van der Waals surface area contributed by atoms with E-state index in [-0.39, 0.29) is 17.5 Å². The van der Waals surface area contributed by atoms with Gasteiger partial charge in [-0.05, 0) is 29.8 Å². The molecule has 1 amide bonds. The molecule has 7 heteroatoms. The Morgan fingerprint density at radius 2 is 1.73 bits per heavy atom. The summed E-state index contributed by atoms with van der Waals surface area (Å²) in [5.74, 6) is -0.374. The SMILES string of the molecule is O=C(COc1ccc(Cl)c(F)c1)N1CCN(Cc2ccc(Cl)cc2)CC1. The highest BCUT2D eigenvalue weighted by Gasteiger charge is 2.21. The molecule has 2 aromatic carbocycles. The molecule has 0 bridgehead atoms. The van der Waals surface area contributed by atoms with Gasteiger partial charge in [0.25, 0.3) is 5.91 Å². The van der Waals surface area contributed by atoms with Crippen LogP contribution in [0.4, 0.5) is 4.39 Å². The van der Waals surface area contributed by atoms with Crippen LogP contribution in [0, 0.1) is 5.82 Å². The molecule has 4 nitrogen and oxygen atoms in total. The summed E-state index contributed by atoms with van der Waals surface area (Å²) >= 11 is 11.5. The van der Waals surface area contributed by atoms with Crippen molar-refractivity contribution in [3.8, 4) is 5.75 Å². The second-order valence-corrected chi connectivity index (χ2v) is 6.99. The van der Waals surface area contributed by atoms with Crippen molar-refractivity contribution in [2.24, 2.45) is 0 Å². The molecule has 1 heterocycles. The molecule has 0 aromatic heterocycles. The number of rotatable bonds is 5. The van der Waals surface area contributed by atoms with Crippen molar-refractivity contribution >= 4 is 29.1 Å². The summed E-state index contributed by atoms with van der Waals surface area (Å²) in [6.07, 6.45) is 0. The average Bonchev–Trinajstić information content (AvgIpc) is 2.65. The van der Waals surface area contributed by atoms with Crippen LogP contribution in [0.5, 0.6) is 5.75 Å². The highest BCUT2D eigenvalue weighted by atomic mass is 35.5. The number of piperazine rings is 1. The molecule has 0 aliphatic carbocycles. The van der Waals surface area contributed by atoms with Crippen molar-refractivity contribution in [2.45, 2.75) is 6.54 Å². The van der Waals surface area contributed by atoms with Gasteiger partial charge in [-0.1, -0.05) is 35.3 Å². The van der Waals surface area contributed by atoms with Crippen LogP contribution in [-0.4, -0.2) is 48.5 Å². The maximum Gasteiger partial charge on any atom is 0.260 e. The summed E-state index contributed by atoms with van der Waals surface area (Å²) in [5.41, 5.74) is 1.20. The number of hydrogen-bond donors (Lipinski definition) is 0. The van der Waals surface area contributed by atoms with E-state index in [1.54, 1.807) is 11.0 Å². The summed E-state index contributed by atoms with van der Waals surface area (Å²) < 4.78 is 18.8. The quantitative estimate of drug-likeness (QED) is 0.769. The lowest BCUT2D eigenvalue weighted by atomic mass is 10.2. The van der Waals surface area contributed by atoms with Crippen molar-refractivity contribution in [2.75, 3.05) is 32.8 Å². The first-order valence-electron chi connectivity index (χ1n) is 8.34. The number of amides is 1. The molecular weight excluding hydrogens is 378 g/mol. The summed E-state index contributed by atoms with van der Waals surface area (Å²) in [4.78, 5) is 16.3. The van der Waals surface area contributed by atoms with E-state index in [9.17, 15) is 9.18 Å². The van der Waals surface area contributed by atoms with Gasteiger partial charge in [-0.3, -0.25) is 9.69 Å². The van der Waals surface area contributed by atoms with Crippen molar-refractivity contribution in [1.82, 2.24) is 9.80 Å². The van der Waals surface area contributed by atoms with Crippen LogP contribution >= 0.6 is 23.2 Å². The molecule has 0 unspecified atom stereocenters. The van der Waals surface area contributed by atoms with Crippen LogP contribution in [-0.2, 0) is 11.3 Å². The van der Waals surface area contributed by atoms with Crippen LogP contribution in [0.15, 0.2) is 42.5 Å². The molecule has 0 spiro atoms. The standard InChI is InChI=1S/C19H19Cl2FN2O2/c20-15-3-1-14(2-4-15)12-23-7-9-24(10-8-23)19(25)13-26-16-5-6-17(21)18(22)11-16/h1-6,11H,7-10,12-13H2. The van der Waals surface area contributed by atoms with E-state index in [0.29, 0.717) is 18.8 Å². The molecule has 1 fully saturated rings. The van der Waals surface area contributed by atoms with E-state index < -0.39 is 5.82 Å². The van der Waals surface area contributed by atoms with Crippen LogP contribution < -0.4 is 4.74 Å². The smallest absolute Gasteiger partial charge is 0.260 e. The van der Waals surface area contributed by atoms with Crippen LogP contribution in [0.2, 0.25) is 10.0 Å². The van der Waals surface area contributed by atoms with Crippen molar-refractivity contribution < 1.29 is 13.9 Å². The van der Waals surface area contributed by atoms with Gasteiger partial charge in [0.1, 0.15) is 11.6 Å². The number of halogens is 3. The summed E-state index contributed by atoms with van der Waals surface area (Å²) in [6.45, 7) is 3.60. The van der Waals surface area contributed by atoms with E-state index in [1.807, 2.05) is 24.3 Å². The molecule has 1 saturated heterocycles. The van der Waals surface area contributed by atoms with Crippen molar-refractivity contribution in [1.29, 1.82) is 0 Å². The lowest BCUT2D eigenvalue weighted by Crippen LogP contribution is -2.49. The predicted molar refractivity (Wildman–Crippen MR) is 100 cm³/mol. The second-order valence-electron chi connectivity index (χ2n) is 6.15. The highest BCUT2D eigenvalue weighted by Crippen LogP contribution is 2.20. The Balaban J connectivity index is 1.44. The molecule has 0 radical (unpaired) electrons. The third kappa shape index (κ3) is 5.10. The number of nitrogens with zero attached hydrogens (tertiary/aromatic N) is 2. The fraction of sp³-hybridized carbons (Fsp3) is 0.316. The molecule has 0 N–H and O–H groups in total. The predicted octanol–water partition coefficient (Wildman–Crippen LogP) is 3.86. The fourth-order valence-electron chi connectivity index (χ4n) is 2.81. The Bertz CT molecular complexity index is 763. The summed E-state index contributed by atoms with van der Waals surface area (Å²) in [6, 6.07) is 11.9. The minimum atomic E-state index is -0.563. The van der Waals surface area contributed by atoms with Gasteiger partial charge in [-0.2, -0.15) is 0 Å². The van der Waals surface area contributed by atoms with Crippen molar-refractivity contribution in [3.63, 3.8) is 0 Å². The molecule has 26 heavy (non-hydrogen) atoms. The molecule has 1 aliphatic rings. The zero-order valence-corrected chi connectivity index (χ0v) is 15.6. The van der Waals surface area contributed by atoms with E-state index in [1.165, 1.54) is 17.7 Å². The molecule has 3 rings (SSSR count). The van der Waals surface area contributed by atoms with Gasteiger partial charge in [-0.25, -0.2) is 4.39 Å². The highest BCUT2D eigenvalue weighted by molar-refractivity contribution is 6.30. The molecule has 0 saturated carbocycles. The Morgan fingerprint density at radius 3 is 2.38 bits per heavy atom. The van der Waals surface area contributed by atoms with Gasteiger partial charge in [0, 0.05) is 43.8 Å². The van der Waals surface area contributed by atoms with Gasteiger partial charge in [0.15, 0.2) is 6.61 Å². The van der Waals surface area contributed by atoms with Gasteiger partial charge >= 0.3 is 0 Å². The van der Waals surface area contributed by atoms with Crippen LogP contribution in [0.1, 0.15) is 5.56 Å². The normalized spacial score (nSPS) is 15.1. The molecule has 138 valence electrons. The largest absolute Gasteiger partial charge is 0.484 e. The van der Waals surface area contributed by atoms with Crippen LogP contribution in [0.3, 0.4) is 0 Å². The first kappa shape index (κ1) is 19.0. The molecular formula is C19H19Cl2FN2O2. The Labute approximate surface area is 162 Å². The van der Waals surface area contributed by atoms with E-state index in [0.717, 1.165) is 24.7 Å². The van der Waals surface area contributed by atoms with Gasteiger partial charge < -0.3 is 9.64 Å².